The molecule has 0 radical (unpaired) electrons. The van der Waals surface area contributed by atoms with Crippen molar-refractivity contribution in [2.45, 2.75) is 44.9 Å². The molecule has 3 nitrogen and oxygen atoms in total. The second-order valence-corrected chi connectivity index (χ2v) is 3.91. The lowest BCUT2D eigenvalue weighted by Crippen LogP contribution is -2.50. The molecule has 0 aromatic heterocycles. The van der Waals surface area contributed by atoms with Crippen LogP contribution in [0, 0.1) is 0 Å². The maximum Gasteiger partial charge on any atom is 0.252 e. The van der Waals surface area contributed by atoms with Crippen LogP contribution in [0.15, 0.2) is 0 Å². The van der Waals surface area contributed by atoms with Gasteiger partial charge in [-0.25, -0.2) is 0 Å². The third-order valence-electron chi connectivity index (χ3n) is 2.69. The molecule has 2 aliphatic rings. The number of hydrogen-bond acceptors (Lipinski definition) is 2. The molecule has 2 saturated heterocycles. The standard InChI is InChI=1S/C9H15NO2/c1-6(2)10-5-7-3-4-8(12-7)9(10)11/h6-8H,3-5H2,1-2H3. The van der Waals surface area contributed by atoms with Gasteiger partial charge in [0.25, 0.3) is 5.91 Å². The lowest BCUT2D eigenvalue weighted by atomic mass is 10.2. The third kappa shape index (κ3) is 1.12. The number of hydrogen-bond donors (Lipinski definition) is 0. The van der Waals surface area contributed by atoms with Gasteiger partial charge in [-0.1, -0.05) is 0 Å². The van der Waals surface area contributed by atoms with Gasteiger partial charge in [-0.3, -0.25) is 4.79 Å². The Morgan fingerprint density at radius 1 is 1.50 bits per heavy atom. The van der Waals surface area contributed by atoms with Gasteiger partial charge in [-0.15, -0.1) is 0 Å². The second kappa shape index (κ2) is 2.73. The summed E-state index contributed by atoms with van der Waals surface area (Å²) in [6, 6.07) is 0.324. The van der Waals surface area contributed by atoms with Crippen molar-refractivity contribution < 1.29 is 9.53 Å². The summed E-state index contributed by atoms with van der Waals surface area (Å²) in [5.74, 6) is 0.193. The molecule has 0 aromatic carbocycles. The van der Waals surface area contributed by atoms with E-state index in [0.717, 1.165) is 19.4 Å². The fourth-order valence-corrected chi connectivity index (χ4v) is 1.98. The van der Waals surface area contributed by atoms with Crippen molar-refractivity contribution in [3.05, 3.63) is 0 Å². The minimum Gasteiger partial charge on any atom is -0.363 e. The average Bonchev–Trinajstić information content (AvgIpc) is 2.41. The lowest BCUT2D eigenvalue weighted by Gasteiger charge is -2.34. The van der Waals surface area contributed by atoms with Crippen LogP contribution in [-0.2, 0) is 9.53 Å². The zero-order valence-corrected chi connectivity index (χ0v) is 7.62. The van der Waals surface area contributed by atoms with E-state index >= 15 is 0 Å². The van der Waals surface area contributed by atoms with E-state index in [0.29, 0.717) is 12.1 Å². The Labute approximate surface area is 72.7 Å². The van der Waals surface area contributed by atoms with E-state index in [2.05, 4.69) is 13.8 Å². The van der Waals surface area contributed by atoms with Crippen molar-refractivity contribution in [1.29, 1.82) is 0 Å². The normalized spacial score (nSPS) is 34.9. The van der Waals surface area contributed by atoms with E-state index in [1.54, 1.807) is 0 Å². The number of fused-ring (bicyclic) bond motifs is 2. The van der Waals surface area contributed by atoms with Crippen molar-refractivity contribution in [1.82, 2.24) is 4.90 Å². The first-order valence-corrected chi connectivity index (χ1v) is 4.64. The van der Waals surface area contributed by atoms with Gasteiger partial charge in [0.15, 0.2) is 0 Å². The largest absolute Gasteiger partial charge is 0.363 e. The van der Waals surface area contributed by atoms with Gasteiger partial charge in [0.1, 0.15) is 6.10 Å². The fourth-order valence-electron chi connectivity index (χ4n) is 1.98. The lowest BCUT2D eigenvalue weighted by molar-refractivity contribution is -0.155. The summed E-state index contributed by atoms with van der Waals surface area (Å²) in [6.07, 6.45) is 2.17. The first kappa shape index (κ1) is 8.05. The maximum atomic E-state index is 11.6. The predicted molar refractivity (Wildman–Crippen MR) is 44.7 cm³/mol. The highest BCUT2D eigenvalue weighted by Gasteiger charge is 2.40. The third-order valence-corrected chi connectivity index (χ3v) is 2.69. The minimum absolute atomic E-state index is 0.119. The van der Waals surface area contributed by atoms with Crippen LogP contribution < -0.4 is 0 Å². The van der Waals surface area contributed by atoms with Crippen LogP contribution in [0.4, 0.5) is 0 Å². The highest BCUT2D eigenvalue weighted by atomic mass is 16.5. The average molecular weight is 169 g/mol. The highest BCUT2D eigenvalue weighted by Crippen LogP contribution is 2.28. The van der Waals surface area contributed by atoms with Gasteiger partial charge in [-0.05, 0) is 26.7 Å². The first-order valence-electron chi connectivity index (χ1n) is 4.64. The molecule has 2 heterocycles. The smallest absolute Gasteiger partial charge is 0.252 e. The van der Waals surface area contributed by atoms with Crippen molar-refractivity contribution in [3.8, 4) is 0 Å². The summed E-state index contributed by atoms with van der Waals surface area (Å²) < 4.78 is 5.50. The minimum atomic E-state index is -0.119. The van der Waals surface area contributed by atoms with Crippen LogP contribution in [0.5, 0.6) is 0 Å². The van der Waals surface area contributed by atoms with Crippen molar-refractivity contribution in [2.75, 3.05) is 6.54 Å². The van der Waals surface area contributed by atoms with Gasteiger partial charge in [0.05, 0.1) is 6.10 Å². The topological polar surface area (TPSA) is 29.5 Å². The first-order chi connectivity index (χ1) is 5.68. The summed E-state index contributed by atoms with van der Waals surface area (Å²) in [5.41, 5.74) is 0. The molecule has 0 N–H and O–H groups in total. The molecule has 0 aromatic rings. The summed E-state index contributed by atoms with van der Waals surface area (Å²) >= 11 is 0. The molecular formula is C9H15NO2. The van der Waals surface area contributed by atoms with E-state index in [-0.39, 0.29) is 12.0 Å². The molecule has 2 bridgehead atoms. The molecule has 2 rings (SSSR count). The van der Waals surface area contributed by atoms with E-state index < -0.39 is 0 Å². The molecule has 2 fully saturated rings. The number of nitrogens with zero attached hydrogens (tertiary/aromatic N) is 1. The van der Waals surface area contributed by atoms with Crippen LogP contribution in [0.2, 0.25) is 0 Å². The van der Waals surface area contributed by atoms with Gasteiger partial charge in [0, 0.05) is 12.6 Å². The summed E-state index contributed by atoms with van der Waals surface area (Å²) in [7, 11) is 0. The highest BCUT2D eigenvalue weighted by molar-refractivity contribution is 5.82. The molecule has 1 amide bonds. The summed E-state index contributed by atoms with van der Waals surface area (Å²) in [6.45, 7) is 4.92. The molecular weight excluding hydrogens is 154 g/mol. The molecule has 2 atom stereocenters. The summed E-state index contributed by atoms with van der Waals surface area (Å²) in [5, 5.41) is 0. The Bertz CT molecular complexity index is 203. The number of rotatable bonds is 1. The Hall–Kier alpha value is -0.570. The quantitative estimate of drug-likeness (QED) is 0.580. The number of likely N-dealkylation sites (tertiary alicyclic amines) is 1. The summed E-state index contributed by atoms with van der Waals surface area (Å²) in [4.78, 5) is 13.6. The van der Waals surface area contributed by atoms with E-state index in [1.807, 2.05) is 4.90 Å². The fraction of sp³-hybridized carbons (Fsp3) is 0.889. The van der Waals surface area contributed by atoms with Crippen LogP contribution in [0.1, 0.15) is 26.7 Å². The Kier molecular flexibility index (Phi) is 1.83. The Morgan fingerprint density at radius 2 is 2.25 bits per heavy atom. The number of amides is 1. The Balaban J connectivity index is 2.13. The van der Waals surface area contributed by atoms with Crippen LogP contribution in [0.25, 0.3) is 0 Å². The zero-order valence-electron chi connectivity index (χ0n) is 7.62. The van der Waals surface area contributed by atoms with Gasteiger partial charge < -0.3 is 9.64 Å². The van der Waals surface area contributed by atoms with Crippen LogP contribution in [0.3, 0.4) is 0 Å². The van der Waals surface area contributed by atoms with Crippen LogP contribution >= 0.6 is 0 Å². The number of morpholine rings is 1. The Morgan fingerprint density at radius 3 is 2.92 bits per heavy atom. The van der Waals surface area contributed by atoms with Gasteiger partial charge in [-0.2, -0.15) is 0 Å². The second-order valence-electron chi connectivity index (χ2n) is 3.91. The number of carbonyl (C=O) groups is 1. The SMILES string of the molecule is CC(C)N1CC2CCC(O2)C1=O. The number of carbonyl (C=O) groups excluding carboxylic acids is 1. The molecule has 68 valence electrons. The molecule has 0 aliphatic carbocycles. The van der Waals surface area contributed by atoms with Crippen molar-refractivity contribution in [3.63, 3.8) is 0 Å². The molecule has 0 spiro atoms. The maximum absolute atomic E-state index is 11.6. The van der Waals surface area contributed by atoms with Crippen molar-refractivity contribution >= 4 is 5.91 Å². The molecule has 0 saturated carbocycles. The monoisotopic (exact) mass is 169 g/mol. The molecule has 2 unspecified atom stereocenters. The zero-order chi connectivity index (χ0) is 8.72. The van der Waals surface area contributed by atoms with E-state index in [9.17, 15) is 4.79 Å². The van der Waals surface area contributed by atoms with E-state index in [4.69, 9.17) is 4.74 Å². The van der Waals surface area contributed by atoms with Crippen LogP contribution in [-0.4, -0.2) is 35.6 Å². The van der Waals surface area contributed by atoms with E-state index in [1.165, 1.54) is 0 Å². The molecule has 3 heteroatoms. The van der Waals surface area contributed by atoms with Gasteiger partial charge in [0.2, 0.25) is 0 Å². The van der Waals surface area contributed by atoms with Crippen molar-refractivity contribution in [2.24, 2.45) is 0 Å². The molecule has 12 heavy (non-hydrogen) atoms. The predicted octanol–water partition coefficient (Wildman–Crippen LogP) is 0.785. The molecule has 2 aliphatic heterocycles. The number of ether oxygens (including phenoxy) is 1. The van der Waals surface area contributed by atoms with Gasteiger partial charge >= 0.3 is 0 Å².